The van der Waals surface area contributed by atoms with Crippen molar-refractivity contribution in [1.29, 1.82) is 0 Å². The molecule has 2 atom stereocenters. The maximum absolute atomic E-state index is 13.0. The van der Waals surface area contributed by atoms with Crippen LogP contribution in [0, 0.1) is 0 Å². The van der Waals surface area contributed by atoms with Gasteiger partial charge in [0.25, 0.3) is 0 Å². The zero-order valence-electron chi connectivity index (χ0n) is 24.3. The first-order valence-electron chi connectivity index (χ1n) is 13.5. The van der Waals surface area contributed by atoms with Crippen LogP contribution in [0.4, 0.5) is 4.79 Å². The monoisotopic (exact) mass is 554 g/mol. The Labute approximate surface area is 236 Å². The number of hydrogen-bond donors (Lipinski definition) is 4. The van der Waals surface area contributed by atoms with E-state index in [2.05, 4.69) is 21.3 Å². The van der Waals surface area contributed by atoms with Gasteiger partial charge in [-0.05, 0) is 63.4 Å². The molecule has 0 saturated heterocycles. The van der Waals surface area contributed by atoms with Crippen molar-refractivity contribution in [2.45, 2.75) is 85.2 Å². The van der Waals surface area contributed by atoms with Gasteiger partial charge in [-0.15, -0.1) is 0 Å². The van der Waals surface area contributed by atoms with Crippen LogP contribution in [-0.4, -0.2) is 48.1 Å². The summed E-state index contributed by atoms with van der Waals surface area (Å²) in [5, 5.41) is 11.0. The molecule has 2 aromatic rings. The number of carbonyl (C=O) groups is 4. The third-order valence-corrected chi connectivity index (χ3v) is 5.72. The summed E-state index contributed by atoms with van der Waals surface area (Å²) >= 11 is 0. The Kier molecular flexibility index (Phi) is 12.4. The molecular formula is C30H42N4O6. The molecule has 0 radical (unpaired) electrons. The third-order valence-electron chi connectivity index (χ3n) is 5.72. The average molecular weight is 555 g/mol. The summed E-state index contributed by atoms with van der Waals surface area (Å²) in [7, 11) is 0. The summed E-state index contributed by atoms with van der Waals surface area (Å²) in [6, 6.07) is 13.1. The topological polar surface area (TPSA) is 135 Å². The lowest BCUT2D eigenvalue weighted by molar-refractivity contribution is -0.131. The molecule has 218 valence electrons. The maximum atomic E-state index is 13.0. The molecular weight excluding hydrogens is 512 g/mol. The Morgan fingerprint density at radius 2 is 1.32 bits per heavy atom. The van der Waals surface area contributed by atoms with Gasteiger partial charge >= 0.3 is 6.09 Å². The Hall–Kier alpha value is -4.08. The Balaban J connectivity index is 1.88. The second-order valence-electron chi connectivity index (χ2n) is 10.4. The van der Waals surface area contributed by atoms with Crippen LogP contribution >= 0.6 is 0 Å². The number of hydrogen-bond acceptors (Lipinski definition) is 6. The first-order chi connectivity index (χ1) is 18.9. The molecule has 0 unspecified atom stereocenters. The minimum absolute atomic E-state index is 0.235. The molecule has 0 spiro atoms. The summed E-state index contributed by atoms with van der Waals surface area (Å²) in [5.74, 6) is -0.332. The number of benzene rings is 2. The molecule has 0 saturated carbocycles. The lowest BCUT2D eigenvalue weighted by Gasteiger charge is -2.21. The molecule has 0 aliphatic rings. The van der Waals surface area contributed by atoms with Crippen molar-refractivity contribution < 1.29 is 28.7 Å². The summed E-state index contributed by atoms with van der Waals surface area (Å²) in [6.07, 6.45) is 0.0164. The fraction of sp³-hybridized carbons (Fsp3) is 0.467. The minimum Gasteiger partial charge on any atom is -0.494 e. The molecule has 40 heavy (non-hydrogen) atoms. The SMILES string of the molecule is CCOc1ccc(C[C@@H](NC(=O)CC)C(=O)N[C@@H](C)C(=O)NCc2ccc(CNC(=O)OC(C)(C)C)cc2)cc1. The normalized spacial score (nSPS) is 12.4. The van der Waals surface area contributed by atoms with E-state index in [0.717, 1.165) is 22.4 Å². The smallest absolute Gasteiger partial charge is 0.407 e. The van der Waals surface area contributed by atoms with E-state index in [1.807, 2.05) is 55.5 Å². The van der Waals surface area contributed by atoms with Gasteiger partial charge in [0.15, 0.2) is 0 Å². The predicted octanol–water partition coefficient (Wildman–Crippen LogP) is 3.37. The van der Waals surface area contributed by atoms with E-state index in [1.54, 1.807) is 34.6 Å². The highest BCUT2D eigenvalue weighted by Crippen LogP contribution is 2.14. The van der Waals surface area contributed by atoms with Gasteiger partial charge in [0.05, 0.1) is 6.61 Å². The fourth-order valence-electron chi connectivity index (χ4n) is 3.61. The van der Waals surface area contributed by atoms with Crippen LogP contribution in [0.2, 0.25) is 0 Å². The van der Waals surface area contributed by atoms with E-state index in [9.17, 15) is 19.2 Å². The predicted molar refractivity (Wildman–Crippen MR) is 153 cm³/mol. The standard InChI is InChI=1S/C30H42N4O6/c1-7-26(35)34-25(17-21-13-15-24(16-14-21)39-8-2)28(37)33-20(3)27(36)31-18-22-9-11-23(12-10-22)19-32-29(38)40-30(4,5)6/h9-16,20,25H,7-8,17-19H2,1-6H3,(H,31,36)(H,32,38)(H,33,37)(H,34,35)/t20-,25+/m0/s1. The van der Waals surface area contributed by atoms with Gasteiger partial charge in [0, 0.05) is 25.9 Å². The van der Waals surface area contributed by atoms with Crippen molar-refractivity contribution >= 4 is 23.8 Å². The number of nitrogens with one attached hydrogen (secondary N) is 4. The number of carbonyl (C=O) groups excluding carboxylic acids is 4. The van der Waals surface area contributed by atoms with Crippen molar-refractivity contribution in [1.82, 2.24) is 21.3 Å². The van der Waals surface area contributed by atoms with E-state index in [1.165, 1.54) is 0 Å². The second kappa shape index (κ2) is 15.5. The van der Waals surface area contributed by atoms with Crippen LogP contribution < -0.4 is 26.0 Å². The Morgan fingerprint density at radius 3 is 1.85 bits per heavy atom. The molecule has 0 aliphatic carbocycles. The van der Waals surface area contributed by atoms with Crippen LogP contribution in [0.15, 0.2) is 48.5 Å². The van der Waals surface area contributed by atoms with E-state index in [0.29, 0.717) is 13.2 Å². The van der Waals surface area contributed by atoms with E-state index in [-0.39, 0.29) is 31.2 Å². The molecule has 2 rings (SSSR count). The van der Waals surface area contributed by atoms with E-state index < -0.39 is 29.7 Å². The number of amides is 4. The molecule has 0 fully saturated rings. The Morgan fingerprint density at radius 1 is 0.775 bits per heavy atom. The summed E-state index contributed by atoms with van der Waals surface area (Å²) in [4.78, 5) is 49.6. The molecule has 0 bridgehead atoms. The van der Waals surface area contributed by atoms with Crippen LogP contribution in [-0.2, 0) is 38.6 Å². The minimum atomic E-state index is -0.831. The molecule has 4 N–H and O–H groups in total. The van der Waals surface area contributed by atoms with Crippen LogP contribution in [0.1, 0.15) is 64.7 Å². The van der Waals surface area contributed by atoms with E-state index >= 15 is 0 Å². The summed E-state index contributed by atoms with van der Waals surface area (Å²) in [5.41, 5.74) is 2.02. The fourth-order valence-corrected chi connectivity index (χ4v) is 3.61. The van der Waals surface area contributed by atoms with Gasteiger partial charge in [0.2, 0.25) is 17.7 Å². The average Bonchev–Trinajstić information content (AvgIpc) is 2.90. The van der Waals surface area contributed by atoms with Crippen molar-refractivity contribution in [3.63, 3.8) is 0 Å². The van der Waals surface area contributed by atoms with Crippen LogP contribution in [0.5, 0.6) is 5.75 Å². The molecule has 0 aromatic heterocycles. The molecule has 2 aromatic carbocycles. The van der Waals surface area contributed by atoms with Gasteiger partial charge in [0.1, 0.15) is 23.4 Å². The van der Waals surface area contributed by atoms with Gasteiger partial charge in [-0.25, -0.2) is 4.79 Å². The van der Waals surface area contributed by atoms with Crippen molar-refractivity contribution in [2.75, 3.05) is 6.61 Å². The van der Waals surface area contributed by atoms with Crippen LogP contribution in [0.3, 0.4) is 0 Å². The van der Waals surface area contributed by atoms with Crippen molar-refractivity contribution in [3.05, 3.63) is 65.2 Å². The number of alkyl carbamates (subject to hydrolysis) is 1. The second-order valence-corrected chi connectivity index (χ2v) is 10.4. The quantitative estimate of drug-likeness (QED) is 0.300. The molecule has 4 amide bonds. The largest absolute Gasteiger partial charge is 0.494 e. The van der Waals surface area contributed by atoms with Gasteiger partial charge < -0.3 is 30.7 Å². The lowest BCUT2D eigenvalue weighted by Crippen LogP contribution is -2.53. The maximum Gasteiger partial charge on any atom is 0.407 e. The molecule has 10 nitrogen and oxygen atoms in total. The summed E-state index contributed by atoms with van der Waals surface area (Å²) in [6.45, 7) is 11.7. The molecule has 0 heterocycles. The van der Waals surface area contributed by atoms with Gasteiger partial charge in [-0.2, -0.15) is 0 Å². The molecule has 0 aliphatic heterocycles. The highest BCUT2D eigenvalue weighted by atomic mass is 16.6. The summed E-state index contributed by atoms with van der Waals surface area (Å²) < 4.78 is 10.7. The molecule has 10 heteroatoms. The number of ether oxygens (including phenoxy) is 2. The van der Waals surface area contributed by atoms with Crippen LogP contribution in [0.25, 0.3) is 0 Å². The first kappa shape index (κ1) is 32.1. The zero-order valence-corrected chi connectivity index (χ0v) is 24.3. The highest BCUT2D eigenvalue weighted by molar-refractivity contribution is 5.92. The van der Waals surface area contributed by atoms with Crippen molar-refractivity contribution in [3.8, 4) is 5.75 Å². The number of rotatable bonds is 13. The van der Waals surface area contributed by atoms with Gasteiger partial charge in [-0.3, -0.25) is 14.4 Å². The van der Waals surface area contributed by atoms with Gasteiger partial charge in [-0.1, -0.05) is 43.3 Å². The van der Waals surface area contributed by atoms with E-state index in [4.69, 9.17) is 9.47 Å². The Bertz CT molecular complexity index is 1130. The first-order valence-corrected chi connectivity index (χ1v) is 13.5. The highest BCUT2D eigenvalue weighted by Gasteiger charge is 2.24. The third kappa shape index (κ3) is 11.8. The lowest BCUT2D eigenvalue weighted by atomic mass is 10.0. The van der Waals surface area contributed by atoms with Crippen molar-refractivity contribution in [2.24, 2.45) is 0 Å². The zero-order chi connectivity index (χ0) is 29.7.